The number of hydrogen-bond donors (Lipinski definition) is 1. The van der Waals surface area contributed by atoms with Crippen LogP contribution >= 0.6 is 24.0 Å². The van der Waals surface area contributed by atoms with Gasteiger partial charge in [-0.05, 0) is 64.3 Å². The first-order chi connectivity index (χ1) is 13.2. The van der Waals surface area contributed by atoms with Crippen molar-refractivity contribution in [2.75, 3.05) is 19.6 Å². The fourth-order valence-electron chi connectivity index (χ4n) is 4.88. The summed E-state index contributed by atoms with van der Waals surface area (Å²) in [6, 6.07) is 2.34. The predicted molar refractivity (Wildman–Crippen MR) is 121 cm³/mol. The Kier molecular flexibility index (Phi) is 6.15. The van der Waals surface area contributed by atoms with Crippen LogP contribution in [0, 0.1) is 12.8 Å². The molecule has 2 atom stereocenters. The summed E-state index contributed by atoms with van der Waals surface area (Å²) in [6.07, 6.45) is 9.44. The second-order valence-electron chi connectivity index (χ2n) is 8.95. The van der Waals surface area contributed by atoms with Crippen LogP contribution < -0.4 is 5.32 Å². The van der Waals surface area contributed by atoms with Crippen molar-refractivity contribution in [2.24, 2.45) is 18.0 Å². The summed E-state index contributed by atoms with van der Waals surface area (Å²) in [5, 5.41) is 12.2. The highest BCUT2D eigenvalue weighted by atomic mass is 127. The Morgan fingerprint density at radius 1 is 1.11 bits per heavy atom. The average molecular weight is 499 g/mol. The quantitative estimate of drug-likeness (QED) is 0.392. The van der Waals surface area contributed by atoms with E-state index in [1.165, 1.54) is 51.5 Å². The molecule has 4 aliphatic rings. The van der Waals surface area contributed by atoms with E-state index < -0.39 is 0 Å². The molecule has 4 fully saturated rings. The Hall–Kier alpha value is -0.900. The average Bonchev–Trinajstić information content (AvgIpc) is 3.60. The molecule has 3 heterocycles. The minimum absolute atomic E-state index is 0. The predicted octanol–water partition coefficient (Wildman–Crippen LogP) is 2.30. The number of nitrogens with one attached hydrogen (secondary N) is 1. The van der Waals surface area contributed by atoms with Crippen LogP contribution in [-0.4, -0.2) is 68.3 Å². The highest BCUT2D eigenvalue weighted by Crippen LogP contribution is 2.38. The fourth-order valence-corrected chi connectivity index (χ4v) is 4.88. The number of likely N-dealkylation sites (tertiary alicyclic amines) is 2. The lowest BCUT2D eigenvalue weighted by Crippen LogP contribution is -2.57. The minimum atomic E-state index is 0. The summed E-state index contributed by atoms with van der Waals surface area (Å²) in [5.41, 5.74) is 0. The van der Waals surface area contributed by atoms with Crippen molar-refractivity contribution in [1.29, 1.82) is 0 Å². The van der Waals surface area contributed by atoms with Gasteiger partial charge >= 0.3 is 0 Å². The van der Waals surface area contributed by atoms with E-state index in [9.17, 15) is 0 Å². The van der Waals surface area contributed by atoms with Gasteiger partial charge in [-0.2, -0.15) is 0 Å². The third-order valence-electron chi connectivity index (χ3n) is 6.89. The highest BCUT2D eigenvalue weighted by Gasteiger charge is 2.42. The molecule has 0 bridgehead atoms. The lowest BCUT2D eigenvalue weighted by atomic mass is 9.83. The van der Waals surface area contributed by atoms with Crippen LogP contribution in [0.4, 0.5) is 0 Å². The van der Waals surface area contributed by atoms with Crippen molar-refractivity contribution < 1.29 is 0 Å². The van der Waals surface area contributed by atoms with E-state index >= 15 is 0 Å². The standard InChI is InChI=1S/C20H33N7.HI/c1-14-23-24-19(25(14)2)12-21-20(22-16-5-6-16)26-11-9-18-15(13-26)4-3-10-27(18)17-7-8-17;/h15-18H,3-13H2,1-2H3,(H,21,22);1H. The Balaban J connectivity index is 0.00000192. The molecule has 0 radical (unpaired) electrons. The van der Waals surface area contributed by atoms with Gasteiger partial charge in [-0.3, -0.25) is 4.90 Å². The van der Waals surface area contributed by atoms with E-state index in [0.717, 1.165) is 48.7 Å². The molecule has 28 heavy (non-hydrogen) atoms. The van der Waals surface area contributed by atoms with Gasteiger partial charge in [0.2, 0.25) is 0 Å². The molecule has 2 saturated carbocycles. The molecule has 0 amide bonds. The number of hydrogen-bond acceptors (Lipinski definition) is 4. The molecule has 0 spiro atoms. The molecule has 1 aromatic heterocycles. The second-order valence-corrected chi connectivity index (χ2v) is 8.95. The number of guanidine groups is 1. The first kappa shape index (κ1) is 20.4. The molecule has 2 saturated heterocycles. The van der Waals surface area contributed by atoms with Crippen LogP contribution in [0.2, 0.25) is 0 Å². The third kappa shape index (κ3) is 4.32. The Morgan fingerprint density at radius 2 is 1.93 bits per heavy atom. The van der Waals surface area contributed by atoms with E-state index in [2.05, 4.69) is 25.3 Å². The van der Waals surface area contributed by atoms with Crippen molar-refractivity contribution in [1.82, 2.24) is 29.9 Å². The van der Waals surface area contributed by atoms with Gasteiger partial charge in [0.25, 0.3) is 0 Å². The number of nitrogens with zero attached hydrogens (tertiary/aromatic N) is 6. The summed E-state index contributed by atoms with van der Waals surface area (Å²) in [7, 11) is 2.02. The maximum absolute atomic E-state index is 4.97. The molecule has 2 unspecified atom stereocenters. The zero-order valence-corrected chi connectivity index (χ0v) is 19.5. The summed E-state index contributed by atoms with van der Waals surface area (Å²) >= 11 is 0. The van der Waals surface area contributed by atoms with E-state index in [1.54, 1.807) is 0 Å². The molecular weight excluding hydrogens is 465 g/mol. The van der Waals surface area contributed by atoms with Crippen molar-refractivity contribution >= 4 is 29.9 Å². The van der Waals surface area contributed by atoms with Gasteiger partial charge in [-0.1, -0.05) is 0 Å². The van der Waals surface area contributed by atoms with Crippen molar-refractivity contribution in [3.8, 4) is 0 Å². The molecule has 8 heteroatoms. The molecule has 1 N–H and O–H groups in total. The smallest absolute Gasteiger partial charge is 0.194 e. The maximum atomic E-state index is 4.97. The Morgan fingerprint density at radius 3 is 2.61 bits per heavy atom. The minimum Gasteiger partial charge on any atom is -0.353 e. The molecule has 1 aromatic rings. The zero-order valence-electron chi connectivity index (χ0n) is 17.2. The van der Waals surface area contributed by atoms with E-state index in [1.807, 2.05) is 18.5 Å². The third-order valence-corrected chi connectivity index (χ3v) is 6.89. The number of fused-ring (bicyclic) bond motifs is 1. The van der Waals surface area contributed by atoms with Gasteiger partial charge in [-0.15, -0.1) is 34.2 Å². The summed E-state index contributed by atoms with van der Waals surface area (Å²) in [5.74, 6) is 3.78. The van der Waals surface area contributed by atoms with Crippen molar-refractivity contribution in [3.63, 3.8) is 0 Å². The molecule has 7 nitrogen and oxygen atoms in total. The largest absolute Gasteiger partial charge is 0.353 e. The molecule has 2 aliphatic heterocycles. The summed E-state index contributed by atoms with van der Waals surface area (Å²) in [6.45, 7) is 6.21. The molecule has 5 rings (SSSR count). The number of rotatable bonds is 4. The van der Waals surface area contributed by atoms with E-state index in [4.69, 9.17) is 4.99 Å². The number of aromatic nitrogens is 3. The summed E-state index contributed by atoms with van der Waals surface area (Å²) in [4.78, 5) is 10.3. The van der Waals surface area contributed by atoms with Gasteiger partial charge < -0.3 is 14.8 Å². The zero-order chi connectivity index (χ0) is 18.4. The number of halogens is 1. The van der Waals surface area contributed by atoms with Gasteiger partial charge in [0, 0.05) is 38.3 Å². The fraction of sp³-hybridized carbons (Fsp3) is 0.850. The molecule has 2 aliphatic carbocycles. The Labute approximate surface area is 185 Å². The first-order valence-electron chi connectivity index (χ1n) is 10.9. The van der Waals surface area contributed by atoms with Gasteiger partial charge in [0.05, 0.1) is 0 Å². The highest BCUT2D eigenvalue weighted by molar-refractivity contribution is 14.0. The van der Waals surface area contributed by atoms with Crippen LogP contribution in [0.5, 0.6) is 0 Å². The SMILES string of the molecule is Cc1nnc(CN=C(NC2CC2)N2CCC3C(CCCN3C3CC3)C2)n1C.I. The normalized spacial score (nSPS) is 28.6. The van der Waals surface area contributed by atoms with Gasteiger partial charge in [-0.25, -0.2) is 4.99 Å². The van der Waals surface area contributed by atoms with Crippen molar-refractivity contribution in [2.45, 2.75) is 76.5 Å². The van der Waals surface area contributed by atoms with Crippen LogP contribution in [0.1, 0.15) is 56.6 Å². The lowest BCUT2D eigenvalue weighted by molar-refractivity contribution is 0.0369. The van der Waals surface area contributed by atoms with E-state index in [0.29, 0.717) is 12.6 Å². The number of aliphatic imine (C=N–C) groups is 1. The topological polar surface area (TPSA) is 61.6 Å². The molecular formula is C20H34IN7. The molecule has 0 aromatic carbocycles. The Bertz CT molecular complexity index is 709. The molecule has 156 valence electrons. The maximum Gasteiger partial charge on any atom is 0.194 e. The van der Waals surface area contributed by atoms with Crippen molar-refractivity contribution in [3.05, 3.63) is 11.6 Å². The second kappa shape index (κ2) is 8.45. The van der Waals surface area contributed by atoms with Crippen LogP contribution in [0.25, 0.3) is 0 Å². The first-order valence-corrected chi connectivity index (χ1v) is 10.9. The summed E-state index contributed by atoms with van der Waals surface area (Å²) < 4.78 is 2.04. The lowest BCUT2D eigenvalue weighted by Gasteiger charge is -2.48. The van der Waals surface area contributed by atoms with Gasteiger partial charge in [0.15, 0.2) is 11.8 Å². The van der Waals surface area contributed by atoms with Crippen LogP contribution in [0.3, 0.4) is 0 Å². The number of aryl methyl sites for hydroxylation is 1. The van der Waals surface area contributed by atoms with Gasteiger partial charge in [0.1, 0.15) is 12.4 Å². The monoisotopic (exact) mass is 499 g/mol. The van der Waals surface area contributed by atoms with Crippen LogP contribution in [0.15, 0.2) is 4.99 Å². The van der Waals surface area contributed by atoms with Crippen LogP contribution in [-0.2, 0) is 13.6 Å². The van der Waals surface area contributed by atoms with E-state index in [-0.39, 0.29) is 24.0 Å². The number of piperidine rings is 2.